The van der Waals surface area contributed by atoms with Gasteiger partial charge in [0.25, 0.3) is 0 Å². The van der Waals surface area contributed by atoms with Crippen LogP contribution in [0.3, 0.4) is 0 Å². The second kappa shape index (κ2) is 4.85. The Bertz CT molecular complexity index is 707. The highest BCUT2D eigenvalue weighted by atomic mass is 16.5. The minimum Gasteiger partial charge on any atom is -0.550 e. The van der Waals surface area contributed by atoms with E-state index in [0.29, 0.717) is 11.4 Å². The number of anilines is 1. The molecule has 0 heterocycles. The smallest absolute Gasteiger partial charge is 0.228 e. The van der Waals surface area contributed by atoms with Gasteiger partial charge in [-0.25, -0.2) is 0 Å². The van der Waals surface area contributed by atoms with Crippen molar-refractivity contribution in [2.45, 2.75) is 12.8 Å². The number of hydrogen-bond acceptors (Lipinski definition) is 4. The first-order chi connectivity index (χ1) is 11.1. The molecule has 2 bridgehead atoms. The summed E-state index contributed by atoms with van der Waals surface area (Å²) < 4.78 is 5.15. The van der Waals surface area contributed by atoms with E-state index in [1.54, 1.807) is 31.4 Å². The molecule has 2 fully saturated rings. The molecule has 4 unspecified atom stereocenters. The third-order valence-corrected chi connectivity index (χ3v) is 5.75. The molecular formula is C18H18NO4-. The van der Waals surface area contributed by atoms with Gasteiger partial charge in [-0.2, -0.15) is 0 Å². The number of methoxy groups -OCH3 is 1. The lowest BCUT2D eigenvalue weighted by atomic mass is 9.82. The van der Waals surface area contributed by atoms with Gasteiger partial charge >= 0.3 is 0 Å². The lowest BCUT2D eigenvalue weighted by Crippen LogP contribution is -2.42. The van der Waals surface area contributed by atoms with Crippen molar-refractivity contribution in [1.82, 2.24) is 0 Å². The fourth-order valence-electron chi connectivity index (χ4n) is 4.60. The first kappa shape index (κ1) is 14.3. The molecule has 23 heavy (non-hydrogen) atoms. The molecule has 4 atom stereocenters. The molecule has 3 aliphatic carbocycles. The highest BCUT2D eigenvalue weighted by Crippen LogP contribution is 2.71. The van der Waals surface area contributed by atoms with Crippen LogP contribution in [-0.2, 0) is 9.59 Å². The van der Waals surface area contributed by atoms with Crippen molar-refractivity contribution >= 4 is 17.6 Å². The summed E-state index contributed by atoms with van der Waals surface area (Å²) in [6, 6.07) is 7.07. The molecule has 4 rings (SSSR count). The van der Waals surface area contributed by atoms with Crippen LogP contribution >= 0.6 is 0 Å². The predicted octanol–water partition coefficient (Wildman–Crippen LogP) is 1.21. The van der Waals surface area contributed by atoms with Crippen LogP contribution < -0.4 is 15.2 Å². The number of aliphatic carboxylic acids is 1. The van der Waals surface area contributed by atoms with E-state index in [1.807, 2.05) is 12.2 Å². The van der Waals surface area contributed by atoms with E-state index < -0.39 is 17.8 Å². The number of carbonyl (C=O) groups is 2. The van der Waals surface area contributed by atoms with Crippen molar-refractivity contribution < 1.29 is 19.4 Å². The summed E-state index contributed by atoms with van der Waals surface area (Å²) in [5, 5.41) is 14.5. The van der Waals surface area contributed by atoms with Gasteiger partial charge in [0.2, 0.25) is 5.91 Å². The van der Waals surface area contributed by atoms with Crippen LogP contribution in [0.2, 0.25) is 0 Å². The number of allylic oxidation sites excluding steroid dienone is 2. The van der Waals surface area contributed by atoms with Crippen LogP contribution in [-0.4, -0.2) is 19.0 Å². The largest absolute Gasteiger partial charge is 0.550 e. The fraction of sp³-hybridized carbons (Fsp3) is 0.444. The molecule has 5 heteroatoms. The maximum Gasteiger partial charge on any atom is 0.228 e. The standard InChI is InChI=1S/C18H19NO4/c1-23-11-4-2-3-10(9-11)19-16(20)14-12-5-6-13(15(14)17(21)22)18(12)7-8-18/h2-6,9,12-15H,7-8H2,1H3,(H,19,20)(H,21,22)/p-1. The molecule has 1 aromatic rings. The molecule has 1 N–H and O–H groups in total. The Morgan fingerprint density at radius 1 is 1.22 bits per heavy atom. The van der Waals surface area contributed by atoms with Crippen molar-refractivity contribution in [2.75, 3.05) is 12.4 Å². The number of hydrogen-bond donors (Lipinski definition) is 1. The van der Waals surface area contributed by atoms with Crippen LogP contribution in [0.5, 0.6) is 5.75 Å². The molecule has 2 saturated carbocycles. The maximum atomic E-state index is 12.8. The summed E-state index contributed by atoms with van der Waals surface area (Å²) in [5.74, 6) is -2.03. The van der Waals surface area contributed by atoms with Crippen molar-refractivity contribution in [3.05, 3.63) is 36.4 Å². The van der Waals surface area contributed by atoms with Gasteiger partial charge in [-0.3, -0.25) is 4.79 Å². The number of nitrogens with one attached hydrogen (secondary N) is 1. The molecule has 1 amide bonds. The van der Waals surface area contributed by atoms with Gasteiger partial charge in [-0.1, -0.05) is 18.2 Å². The average Bonchev–Trinajstić information content (AvgIpc) is 3.20. The zero-order valence-electron chi connectivity index (χ0n) is 12.8. The number of carboxylic acids is 1. The van der Waals surface area contributed by atoms with Crippen LogP contribution in [0.1, 0.15) is 12.8 Å². The lowest BCUT2D eigenvalue weighted by molar-refractivity contribution is -0.313. The van der Waals surface area contributed by atoms with Gasteiger partial charge < -0.3 is 20.0 Å². The predicted molar refractivity (Wildman–Crippen MR) is 81.4 cm³/mol. The molecule has 0 saturated heterocycles. The monoisotopic (exact) mass is 312 g/mol. The molecule has 1 aromatic carbocycles. The van der Waals surface area contributed by atoms with Crippen molar-refractivity contribution in [3.63, 3.8) is 0 Å². The minimum absolute atomic E-state index is 0.00111. The Morgan fingerprint density at radius 3 is 2.52 bits per heavy atom. The summed E-state index contributed by atoms with van der Waals surface area (Å²) in [6.45, 7) is 0. The second-order valence-electron chi connectivity index (χ2n) is 6.76. The molecule has 0 radical (unpaired) electrons. The Hall–Kier alpha value is -2.30. The molecule has 120 valence electrons. The summed E-state index contributed by atoms with van der Waals surface area (Å²) in [4.78, 5) is 24.4. The quantitative estimate of drug-likeness (QED) is 0.848. The third kappa shape index (κ3) is 1.99. The van der Waals surface area contributed by atoms with E-state index in [1.165, 1.54) is 0 Å². The number of benzene rings is 1. The maximum absolute atomic E-state index is 12.8. The van der Waals surface area contributed by atoms with Crippen molar-refractivity contribution in [2.24, 2.45) is 29.1 Å². The van der Waals surface area contributed by atoms with Gasteiger partial charge in [-0.05, 0) is 42.2 Å². The normalized spacial score (nSPS) is 32.0. The van der Waals surface area contributed by atoms with Gasteiger partial charge in [0.1, 0.15) is 5.75 Å². The van der Waals surface area contributed by atoms with E-state index in [9.17, 15) is 14.7 Å². The van der Waals surface area contributed by atoms with E-state index in [4.69, 9.17) is 4.74 Å². The van der Waals surface area contributed by atoms with Gasteiger partial charge in [0.05, 0.1) is 13.0 Å². The molecule has 0 aliphatic heterocycles. The Labute approximate surface area is 134 Å². The van der Waals surface area contributed by atoms with Gasteiger partial charge in [0, 0.05) is 23.6 Å². The number of carbonyl (C=O) groups excluding carboxylic acids is 2. The number of carboxylic acid groups (broad SMARTS) is 1. The minimum atomic E-state index is -1.11. The number of ether oxygens (including phenoxy) is 1. The van der Waals surface area contributed by atoms with Crippen molar-refractivity contribution in [1.29, 1.82) is 0 Å². The van der Waals surface area contributed by atoms with Crippen LogP contribution in [0.15, 0.2) is 36.4 Å². The molecular weight excluding hydrogens is 294 g/mol. The zero-order chi connectivity index (χ0) is 16.2. The summed E-state index contributed by atoms with van der Waals surface area (Å²) in [6.07, 6.45) is 6.02. The highest BCUT2D eigenvalue weighted by molar-refractivity contribution is 5.96. The third-order valence-electron chi connectivity index (χ3n) is 5.75. The summed E-state index contributed by atoms with van der Waals surface area (Å²) in [7, 11) is 1.56. The molecule has 0 aromatic heterocycles. The first-order valence-electron chi connectivity index (χ1n) is 7.91. The van der Waals surface area contributed by atoms with E-state index in [0.717, 1.165) is 12.8 Å². The first-order valence-corrected chi connectivity index (χ1v) is 7.91. The van der Waals surface area contributed by atoms with Crippen LogP contribution in [0.25, 0.3) is 0 Å². The highest BCUT2D eigenvalue weighted by Gasteiger charge is 2.68. The molecule has 1 spiro atoms. The van der Waals surface area contributed by atoms with E-state index in [-0.39, 0.29) is 23.2 Å². The zero-order valence-corrected chi connectivity index (χ0v) is 12.8. The topological polar surface area (TPSA) is 78.5 Å². The van der Waals surface area contributed by atoms with E-state index >= 15 is 0 Å². The van der Waals surface area contributed by atoms with Crippen molar-refractivity contribution in [3.8, 4) is 5.75 Å². The van der Waals surface area contributed by atoms with Crippen LogP contribution in [0, 0.1) is 29.1 Å². The average molecular weight is 312 g/mol. The van der Waals surface area contributed by atoms with Gasteiger partial charge in [0.15, 0.2) is 0 Å². The Kier molecular flexibility index (Phi) is 3.01. The van der Waals surface area contributed by atoms with Gasteiger partial charge in [-0.15, -0.1) is 0 Å². The second-order valence-corrected chi connectivity index (χ2v) is 6.76. The SMILES string of the molecule is COc1cccc(NC(=O)C2C(C(=O)[O-])C3C=CC2C32CC2)c1. The number of amides is 1. The summed E-state index contributed by atoms with van der Waals surface area (Å²) in [5.41, 5.74) is 0.615. The number of rotatable bonds is 4. The fourth-order valence-corrected chi connectivity index (χ4v) is 4.60. The Balaban J connectivity index is 1.60. The van der Waals surface area contributed by atoms with Crippen LogP contribution in [0.4, 0.5) is 5.69 Å². The molecule has 3 aliphatic rings. The van der Waals surface area contributed by atoms with E-state index in [2.05, 4.69) is 5.32 Å². The molecule has 5 nitrogen and oxygen atoms in total. The lowest BCUT2D eigenvalue weighted by Gasteiger charge is -2.27. The summed E-state index contributed by atoms with van der Waals surface area (Å²) >= 11 is 0. The Morgan fingerprint density at radius 2 is 1.91 bits per heavy atom.